The van der Waals surface area contributed by atoms with E-state index < -0.39 is 0 Å². The Kier molecular flexibility index (Phi) is 7.89. The molecule has 0 saturated heterocycles. The number of hydrogen-bond acceptors (Lipinski definition) is 2. The molecule has 0 atom stereocenters. The minimum Gasteiger partial charge on any atom is -0.370 e. The van der Waals surface area contributed by atoms with Gasteiger partial charge in [-0.1, -0.05) is 50.9 Å². The molecular formula is C17H27ClN4O. The second kappa shape index (κ2) is 9.40. The summed E-state index contributed by atoms with van der Waals surface area (Å²) in [7, 11) is 0. The Balaban J connectivity index is 3.24. The van der Waals surface area contributed by atoms with E-state index in [1.54, 1.807) is 11.0 Å². The largest absolute Gasteiger partial charge is 0.370 e. The molecule has 0 aromatic heterocycles. The maximum absolute atomic E-state index is 13.0. The van der Waals surface area contributed by atoms with Crippen LogP contribution in [0.3, 0.4) is 0 Å². The topological polar surface area (TPSA) is 73.4 Å². The van der Waals surface area contributed by atoms with Crippen molar-refractivity contribution < 1.29 is 4.79 Å². The lowest BCUT2D eigenvalue weighted by atomic mass is 10.1. The van der Waals surface area contributed by atoms with Crippen molar-refractivity contribution in [3.63, 3.8) is 0 Å². The summed E-state index contributed by atoms with van der Waals surface area (Å²) >= 11 is 6.37. The lowest BCUT2D eigenvalue weighted by Crippen LogP contribution is -2.50. The Hall–Kier alpha value is -1.75. The quantitative estimate of drug-likeness (QED) is 0.576. The van der Waals surface area contributed by atoms with Crippen LogP contribution >= 0.6 is 11.6 Å². The molecule has 0 heterocycles. The lowest BCUT2D eigenvalue weighted by molar-refractivity contribution is 0.225. The molecule has 6 heteroatoms. The van der Waals surface area contributed by atoms with Gasteiger partial charge in [-0.3, -0.25) is 15.2 Å². The van der Waals surface area contributed by atoms with Gasteiger partial charge in [-0.05, 0) is 30.9 Å². The third-order valence-corrected chi connectivity index (χ3v) is 3.96. The van der Waals surface area contributed by atoms with Crippen LogP contribution in [0.15, 0.2) is 18.2 Å². The predicted octanol–water partition coefficient (Wildman–Crippen LogP) is 4.23. The van der Waals surface area contributed by atoms with Gasteiger partial charge >= 0.3 is 6.03 Å². The van der Waals surface area contributed by atoms with Crippen molar-refractivity contribution in [2.75, 3.05) is 18.0 Å². The van der Waals surface area contributed by atoms with E-state index in [0.717, 1.165) is 36.9 Å². The molecule has 1 aromatic rings. The highest BCUT2D eigenvalue weighted by Gasteiger charge is 2.26. The van der Waals surface area contributed by atoms with Crippen molar-refractivity contribution in [2.45, 2.75) is 46.5 Å². The number of urea groups is 1. The van der Waals surface area contributed by atoms with Gasteiger partial charge in [0.05, 0.1) is 10.7 Å². The number of benzene rings is 1. The number of nitrogens with two attached hydrogens (primary N) is 1. The van der Waals surface area contributed by atoms with Crippen LogP contribution in [0.25, 0.3) is 0 Å². The van der Waals surface area contributed by atoms with Crippen molar-refractivity contribution in [3.05, 3.63) is 28.8 Å². The highest BCUT2D eigenvalue weighted by atomic mass is 35.5. The van der Waals surface area contributed by atoms with E-state index in [2.05, 4.69) is 0 Å². The van der Waals surface area contributed by atoms with Crippen LogP contribution in [-0.4, -0.2) is 30.0 Å². The molecule has 1 rings (SSSR count). The maximum Gasteiger partial charge on any atom is 0.331 e. The van der Waals surface area contributed by atoms with Gasteiger partial charge in [0.1, 0.15) is 0 Å². The van der Waals surface area contributed by atoms with E-state index in [0.29, 0.717) is 18.1 Å². The number of guanidine groups is 1. The lowest BCUT2D eigenvalue weighted by Gasteiger charge is -2.31. The first-order valence-electron chi connectivity index (χ1n) is 8.18. The maximum atomic E-state index is 13.0. The molecule has 0 spiro atoms. The first-order valence-corrected chi connectivity index (χ1v) is 8.56. The fraction of sp³-hybridized carbons (Fsp3) is 0.529. The summed E-state index contributed by atoms with van der Waals surface area (Å²) in [6.07, 6.45) is 3.30. The number of rotatable bonds is 7. The van der Waals surface area contributed by atoms with E-state index in [1.165, 1.54) is 4.90 Å². The fourth-order valence-corrected chi connectivity index (χ4v) is 2.75. The molecule has 0 aliphatic rings. The SMILES string of the molecule is CCCCN(C(=N)N)C(=O)N(CCC)c1c(Cl)cccc1CC. The van der Waals surface area contributed by atoms with Gasteiger partial charge in [0.15, 0.2) is 5.96 Å². The van der Waals surface area contributed by atoms with Crippen molar-refractivity contribution in [2.24, 2.45) is 5.73 Å². The molecule has 128 valence electrons. The molecule has 1 aromatic carbocycles. The molecule has 3 N–H and O–H groups in total. The second-order valence-corrected chi connectivity index (χ2v) is 5.83. The average Bonchev–Trinajstić information content (AvgIpc) is 2.52. The van der Waals surface area contributed by atoms with Gasteiger partial charge in [0.2, 0.25) is 0 Å². The van der Waals surface area contributed by atoms with Crippen molar-refractivity contribution >= 4 is 29.3 Å². The van der Waals surface area contributed by atoms with E-state index in [1.807, 2.05) is 32.9 Å². The predicted molar refractivity (Wildman–Crippen MR) is 97.4 cm³/mol. The average molecular weight is 339 g/mol. The van der Waals surface area contributed by atoms with Gasteiger partial charge in [-0.15, -0.1) is 0 Å². The second-order valence-electron chi connectivity index (χ2n) is 5.43. The van der Waals surface area contributed by atoms with Crippen molar-refractivity contribution in [3.8, 4) is 0 Å². The van der Waals surface area contributed by atoms with Gasteiger partial charge in [0.25, 0.3) is 0 Å². The standard InChI is InChI=1S/C17H27ClN4O/c1-4-7-12-22(16(19)20)17(23)21(11-5-2)15-13(6-3)9-8-10-14(15)18/h8-10H,4-7,11-12H2,1-3H3,(H3,19,20). The van der Waals surface area contributed by atoms with Gasteiger partial charge < -0.3 is 5.73 Å². The molecule has 0 bridgehead atoms. The van der Waals surface area contributed by atoms with Crippen LogP contribution in [0.5, 0.6) is 0 Å². The molecule has 0 saturated carbocycles. The number of unbranched alkanes of at least 4 members (excludes halogenated alkanes) is 1. The van der Waals surface area contributed by atoms with Crippen LogP contribution in [0.1, 0.15) is 45.6 Å². The van der Waals surface area contributed by atoms with E-state index in [9.17, 15) is 4.79 Å². The van der Waals surface area contributed by atoms with Crippen LogP contribution in [0, 0.1) is 5.41 Å². The number of hydrogen-bond donors (Lipinski definition) is 2. The third kappa shape index (κ3) is 4.86. The Morgan fingerprint density at radius 3 is 2.43 bits per heavy atom. The molecule has 5 nitrogen and oxygen atoms in total. The molecule has 0 unspecified atom stereocenters. The summed E-state index contributed by atoms with van der Waals surface area (Å²) in [5.41, 5.74) is 7.37. The monoisotopic (exact) mass is 338 g/mol. The van der Waals surface area contributed by atoms with Crippen LogP contribution in [0.2, 0.25) is 5.02 Å². The number of nitrogens with one attached hydrogen (secondary N) is 1. The number of anilines is 1. The van der Waals surface area contributed by atoms with Crippen LogP contribution < -0.4 is 10.6 Å². The smallest absolute Gasteiger partial charge is 0.331 e. The van der Waals surface area contributed by atoms with Crippen molar-refractivity contribution in [1.82, 2.24) is 4.90 Å². The molecule has 0 radical (unpaired) electrons. The number of carbonyl (C=O) groups is 1. The number of para-hydroxylation sites is 1. The summed E-state index contributed by atoms with van der Waals surface area (Å²) in [5.74, 6) is -0.227. The molecular weight excluding hydrogens is 312 g/mol. The number of nitrogens with zero attached hydrogens (tertiary/aromatic N) is 2. The minimum atomic E-state index is -0.282. The summed E-state index contributed by atoms with van der Waals surface area (Å²) in [6.45, 7) is 7.05. The highest BCUT2D eigenvalue weighted by molar-refractivity contribution is 6.34. The normalized spacial score (nSPS) is 10.4. The van der Waals surface area contributed by atoms with Crippen molar-refractivity contribution in [1.29, 1.82) is 5.41 Å². The van der Waals surface area contributed by atoms with Crippen LogP contribution in [0.4, 0.5) is 10.5 Å². The first-order chi connectivity index (χ1) is 11.0. The molecule has 0 fully saturated rings. The van der Waals surface area contributed by atoms with E-state index in [-0.39, 0.29) is 12.0 Å². The Morgan fingerprint density at radius 2 is 1.91 bits per heavy atom. The first kappa shape index (κ1) is 19.3. The minimum absolute atomic E-state index is 0.227. The number of amides is 2. The summed E-state index contributed by atoms with van der Waals surface area (Å²) in [6, 6.07) is 5.37. The molecule has 2 amide bonds. The van der Waals surface area contributed by atoms with E-state index in [4.69, 9.17) is 22.7 Å². The van der Waals surface area contributed by atoms with Crippen LogP contribution in [-0.2, 0) is 6.42 Å². The molecule has 0 aliphatic carbocycles. The Bertz CT molecular complexity index is 547. The zero-order valence-corrected chi connectivity index (χ0v) is 15.0. The molecule has 0 aliphatic heterocycles. The number of carbonyl (C=O) groups excluding carboxylic acids is 1. The third-order valence-electron chi connectivity index (χ3n) is 3.66. The van der Waals surface area contributed by atoms with Gasteiger partial charge in [-0.2, -0.15) is 0 Å². The summed E-state index contributed by atoms with van der Waals surface area (Å²) in [4.78, 5) is 15.9. The highest BCUT2D eigenvalue weighted by Crippen LogP contribution is 2.31. The fourth-order valence-electron chi connectivity index (χ4n) is 2.46. The Labute approximate surface area is 143 Å². The zero-order chi connectivity index (χ0) is 17.4. The summed E-state index contributed by atoms with van der Waals surface area (Å²) < 4.78 is 0. The Morgan fingerprint density at radius 1 is 1.22 bits per heavy atom. The zero-order valence-electron chi connectivity index (χ0n) is 14.2. The number of halogens is 1. The van der Waals surface area contributed by atoms with E-state index >= 15 is 0 Å². The van der Waals surface area contributed by atoms with Gasteiger partial charge in [0, 0.05) is 13.1 Å². The number of aryl methyl sites for hydroxylation is 1. The summed E-state index contributed by atoms with van der Waals surface area (Å²) in [5, 5.41) is 8.27. The molecule has 23 heavy (non-hydrogen) atoms. The van der Waals surface area contributed by atoms with Gasteiger partial charge in [-0.25, -0.2) is 4.79 Å².